The second-order valence-corrected chi connectivity index (χ2v) is 13.4. The molecule has 0 radical (unpaired) electrons. The van der Waals surface area contributed by atoms with Crippen molar-refractivity contribution >= 4 is 39.1 Å². The number of aliphatic hydroxyl groups is 1. The highest BCUT2D eigenvalue weighted by Crippen LogP contribution is 2.37. The highest BCUT2D eigenvalue weighted by atomic mass is 35.5. The number of hydrogen-bond donors (Lipinski definition) is 2. The van der Waals surface area contributed by atoms with Crippen molar-refractivity contribution in [2.45, 2.75) is 111 Å². The van der Waals surface area contributed by atoms with E-state index in [4.69, 9.17) is 27.9 Å². The molecule has 0 aromatic carbocycles. The summed E-state index contributed by atoms with van der Waals surface area (Å²) in [5.74, 6) is -1.25. The molecule has 0 aromatic rings. The Hall–Kier alpha value is -0.190. The minimum absolute atomic E-state index is 0.0122. The van der Waals surface area contributed by atoms with Crippen LogP contribution < -0.4 is 5.32 Å². The third-order valence-corrected chi connectivity index (χ3v) is 11.1. The largest absolute Gasteiger partial charge is 0.394 e. The van der Waals surface area contributed by atoms with Crippen LogP contribution in [0.4, 0.5) is 4.39 Å². The van der Waals surface area contributed by atoms with E-state index in [1.165, 1.54) is 4.31 Å². The number of halogens is 3. The van der Waals surface area contributed by atoms with Gasteiger partial charge in [-0.1, -0.05) is 0 Å². The lowest BCUT2D eigenvalue weighted by atomic mass is 9.84. The fourth-order valence-electron chi connectivity index (χ4n) is 5.96. The molecule has 1 aliphatic heterocycles. The molecule has 2 N–H and O–H groups in total. The standard InChI is InChI=1S/C22H35Cl2FN2O5S/c23-13-4-7-16(8-5-13)33(30,31)27-11-15(12-28)32-20-9-6-14(10-19(20)27)26-22(29)21-17(24)2-1-3-18(21)25/h13-21,28H,1-12H2,(H,26,29)/t13?,14?,15-,16?,17?,18?,19?,20?,21?/m1/s1. The van der Waals surface area contributed by atoms with Gasteiger partial charge in [0.15, 0.2) is 0 Å². The Balaban J connectivity index is 1.47. The second-order valence-electron chi connectivity index (χ2n) is 10.0. The van der Waals surface area contributed by atoms with Crippen LogP contribution in [0.3, 0.4) is 0 Å². The number of morpholine rings is 1. The number of carbonyl (C=O) groups is 1. The average molecular weight is 530 g/mol. The van der Waals surface area contributed by atoms with Gasteiger partial charge in [0.2, 0.25) is 15.9 Å². The summed E-state index contributed by atoms with van der Waals surface area (Å²) in [6, 6.07) is -0.702. The normalized spacial score (nSPS) is 43.0. The van der Waals surface area contributed by atoms with E-state index >= 15 is 0 Å². The average Bonchev–Trinajstić information content (AvgIpc) is 2.78. The molecule has 1 amide bonds. The predicted molar refractivity (Wildman–Crippen MR) is 125 cm³/mol. The Bertz CT molecular complexity index is 788. The number of carbonyl (C=O) groups excluding carboxylic acids is 1. The number of alkyl halides is 3. The van der Waals surface area contributed by atoms with Crippen molar-refractivity contribution in [3.63, 3.8) is 0 Å². The van der Waals surface area contributed by atoms with Crippen LogP contribution in [-0.2, 0) is 19.6 Å². The van der Waals surface area contributed by atoms with Crippen molar-refractivity contribution in [1.29, 1.82) is 0 Å². The minimum Gasteiger partial charge on any atom is -0.394 e. The highest BCUT2D eigenvalue weighted by molar-refractivity contribution is 7.89. The highest BCUT2D eigenvalue weighted by Gasteiger charge is 2.48. The smallest absolute Gasteiger partial charge is 0.227 e. The number of rotatable bonds is 5. The van der Waals surface area contributed by atoms with Crippen molar-refractivity contribution in [3.8, 4) is 0 Å². The minimum atomic E-state index is -3.62. The number of nitrogens with one attached hydrogen (secondary N) is 1. The van der Waals surface area contributed by atoms with E-state index in [9.17, 15) is 22.7 Å². The number of fused-ring (bicyclic) bond motifs is 1. The fourth-order valence-corrected chi connectivity index (χ4v) is 8.87. The monoisotopic (exact) mass is 528 g/mol. The molecule has 6 unspecified atom stereocenters. The summed E-state index contributed by atoms with van der Waals surface area (Å²) in [7, 11) is -3.62. The number of amides is 1. The van der Waals surface area contributed by atoms with Crippen LogP contribution in [-0.4, -0.2) is 83.4 Å². The van der Waals surface area contributed by atoms with E-state index in [1.807, 2.05) is 0 Å². The summed E-state index contributed by atoms with van der Waals surface area (Å²) in [5.41, 5.74) is 0. The van der Waals surface area contributed by atoms with E-state index in [-0.39, 0.29) is 36.6 Å². The molecule has 7 atom stereocenters. The maximum atomic E-state index is 14.4. The second kappa shape index (κ2) is 10.8. The third-order valence-electron chi connectivity index (χ3n) is 7.82. The summed E-state index contributed by atoms with van der Waals surface area (Å²) < 4.78 is 49.2. The van der Waals surface area contributed by atoms with Crippen LogP contribution in [0.15, 0.2) is 0 Å². The lowest BCUT2D eigenvalue weighted by molar-refractivity contribution is -0.135. The molecule has 190 valence electrons. The number of hydrogen-bond acceptors (Lipinski definition) is 5. The molecule has 0 spiro atoms. The first kappa shape index (κ1) is 25.9. The van der Waals surface area contributed by atoms with Crippen LogP contribution in [0, 0.1) is 5.92 Å². The number of sulfonamides is 1. The fraction of sp³-hybridized carbons (Fsp3) is 0.955. The van der Waals surface area contributed by atoms with Gasteiger partial charge in [0.05, 0.1) is 36.0 Å². The SMILES string of the molecule is O=C(NC1CCC2O[C@@H](CO)CN(S(=O)(=O)C3CCC(Cl)CC3)C2C1)C1C(F)CCCC1Cl. The third kappa shape index (κ3) is 5.64. The van der Waals surface area contributed by atoms with Gasteiger partial charge in [0.1, 0.15) is 6.17 Å². The summed E-state index contributed by atoms with van der Waals surface area (Å²) in [6.45, 7) is -0.152. The summed E-state index contributed by atoms with van der Waals surface area (Å²) >= 11 is 12.5. The Morgan fingerprint density at radius 2 is 1.82 bits per heavy atom. The lowest BCUT2D eigenvalue weighted by Gasteiger charge is -2.48. The van der Waals surface area contributed by atoms with E-state index in [0.717, 1.165) is 0 Å². The number of nitrogens with zero attached hydrogens (tertiary/aromatic N) is 1. The van der Waals surface area contributed by atoms with Crippen molar-refractivity contribution in [2.24, 2.45) is 5.92 Å². The van der Waals surface area contributed by atoms with Crippen molar-refractivity contribution in [2.75, 3.05) is 13.2 Å². The first-order chi connectivity index (χ1) is 15.7. The van der Waals surface area contributed by atoms with Crippen molar-refractivity contribution in [3.05, 3.63) is 0 Å². The Morgan fingerprint density at radius 3 is 2.48 bits per heavy atom. The molecule has 4 rings (SSSR count). The maximum Gasteiger partial charge on any atom is 0.227 e. The van der Waals surface area contributed by atoms with Crippen molar-refractivity contribution < 1.29 is 27.4 Å². The van der Waals surface area contributed by atoms with Gasteiger partial charge in [-0.15, -0.1) is 23.2 Å². The maximum absolute atomic E-state index is 14.4. The molecule has 1 heterocycles. The van der Waals surface area contributed by atoms with Crippen LogP contribution in [0.2, 0.25) is 0 Å². The Morgan fingerprint density at radius 1 is 1.09 bits per heavy atom. The molecule has 1 saturated heterocycles. The zero-order chi connectivity index (χ0) is 23.8. The van der Waals surface area contributed by atoms with Gasteiger partial charge in [-0.25, -0.2) is 12.8 Å². The topological polar surface area (TPSA) is 95.9 Å². The molecule has 3 aliphatic carbocycles. The van der Waals surface area contributed by atoms with Crippen LogP contribution >= 0.6 is 23.2 Å². The molecular formula is C22H35Cl2FN2O5S. The van der Waals surface area contributed by atoms with Gasteiger partial charge < -0.3 is 15.2 Å². The summed E-state index contributed by atoms with van der Waals surface area (Å²) in [4.78, 5) is 12.9. The Kier molecular flexibility index (Phi) is 8.49. The molecule has 4 aliphatic rings. The molecule has 33 heavy (non-hydrogen) atoms. The summed E-state index contributed by atoms with van der Waals surface area (Å²) in [5, 5.41) is 11.7. The number of ether oxygens (including phenoxy) is 1. The summed E-state index contributed by atoms with van der Waals surface area (Å²) in [6.07, 6.45) is 3.39. The van der Waals surface area contributed by atoms with Crippen LogP contribution in [0.5, 0.6) is 0 Å². The van der Waals surface area contributed by atoms with Crippen LogP contribution in [0.1, 0.15) is 64.2 Å². The zero-order valence-electron chi connectivity index (χ0n) is 18.8. The van der Waals surface area contributed by atoms with E-state index in [1.54, 1.807) is 0 Å². The van der Waals surface area contributed by atoms with E-state index < -0.39 is 44.9 Å². The van der Waals surface area contributed by atoms with Crippen molar-refractivity contribution in [1.82, 2.24) is 9.62 Å². The van der Waals surface area contributed by atoms with Gasteiger partial charge >= 0.3 is 0 Å². The predicted octanol–water partition coefficient (Wildman–Crippen LogP) is 2.71. The van der Waals surface area contributed by atoms with Crippen LogP contribution in [0.25, 0.3) is 0 Å². The molecule has 3 saturated carbocycles. The van der Waals surface area contributed by atoms with Gasteiger partial charge in [0, 0.05) is 23.3 Å². The van der Waals surface area contributed by atoms with E-state index in [0.29, 0.717) is 64.2 Å². The quantitative estimate of drug-likeness (QED) is 0.534. The molecule has 0 bridgehead atoms. The number of aliphatic hydroxyl groups excluding tert-OH is 1. The lowest BCUT2D eigenvalue weighted by Crippen LogP contribution is -2.63. The first-order valence-electron chi connectivity index (χ1n) is 12.2. The molecule has 7 nitrogen and oxygen atoms in total. The zero-order valence-corrected chi connectivity index (χ0v) is 21.1. The Labute approximate surface area is 205 Å². The van der Waals surface area contributed by atoms with Gasteiger partial charge in [-0.3, -0.25) is 4.79 Å². The molecule has 0 aromatic heterocycles. The molecule has 4 fully saturated rings. The first-order valence-corrected chi connectivity index (χ1v) is 14.6. The van der Waals surface area contributed by atoms with E-state index in [2.05, 4.69) is 5.32 Å². The van der Waals surface area contributed by atoms with Gasteiger partial charge in [-0.05, 0) is 64.2 Å². The van der Waals surface area contributed by atoms with Gasteiger partial charge in [-0.2, -0.15) is 4.31 Å². The molecular weight excluding hydrogens is 494 g/mol. The van der Waals surface area contributed by atoms with Gasteiger partial charge in [0.25, 0.3) is 0 Å². The molecule has 11 heteroatoms.